The molecule has 19 heavy (non-hydrogen) atoms. The van der Waals surface area contributed by atoms with Gasteiger partial charge in [0.1, 0.15) is 5.75 Å². The van der Waals surface area contributed by atoms with Gasteiger partial charge in [-0.1, -0.05) is 32.0 Å². The van der Waals surface area contributed by atoms with Gasteiger partial charge in [-0.2, -0.15) is 0 Å². The molecule has 2 rings (SSSR count). The van der Waals surface area contributed by atoms with Crippen molar-refractivity contribution in [2.45, 2.75) is 26.3 Å². The number of methoxy groups -OCH3 is 1. The lowest BCUT2D eigenvalue weighted by Crippen LogP contribution is -2.22. The van der Waals surface area contributed by atoms with Gasteiger partial charge in [0.15, 0.2) is 0 Å². The first-order valence-electron chi connectivity index (χ1n) is 6.74. The Balaban J connectivity index is 2.45. The molecule has 0 aliphatic rings. The van der Waals surface area contributed by atoms with E-state index in [0.717, 1.165) is 18.7 Å². The van der Waals surface area contributed by atoms with Gasteiger partial charge in [-0.25, -0.2) is 0 Å². The van der Waals surface area contributed by atoms with Crippen molar-refractivity contribution in [1.82, 2.24) is 5.32 Å². The Kier molecular flexibility index (Phi) is 5.00. The minimum atomic E-state index is 0.219. The number of thiophene rings is 1. The fourth-order valence-electron chi connectivity index (χ4n) is 2.35. The van der Waals surface area contributed by atoms with Crippen molar-refractivity contribution in [1.29, 1.82) is 0 Å². The average molecular weight is 275 g/mol. The maximum atomic E-state index is 5.51. The number of benzene rings is 1. The summed E-state index contributed by atoms with van der Waals surface area (Å²) >= 11 is 1.82. The minimum absolute atomic E-state index is 0.219. The third kappa shape index (κ3) is 2.99. The Morgan fingerprint density at radius 2 is 2.00 bits per heavy atom. The van der Waals surface area contributed by atoms with Crippen LogP contribution in [0.4, 0.5) is 0 Å². The molecule has 102 valence electrons. The first-order valence-corrected chi connectivity index (χ1v) is 7.62. The van der Waals surface area contributed by atoms with Crippen molar-refractivity contribution < 1.29 is 4.74 Å². The summed E-state index contributed by atoms with van der Waals surface area (Å²) in [6.07, 6.45) is 1.07. The fraction of sp³-hybridized carbons (Fsp3) is 0.375. The molecule has 1 aromatic carbocycles. The predicted molar refractivity (Wildman–Crippen MR) is 82.2 cm³/mol. The van der Waals surface area contributed by atoms with Crippen LogP contribution in [0.3, 0.4) is 0 Å². The number of para-hydroxylation sites is 1. The Morgan fingerprint density at radius 3 is 2.68 bits per heavy atom. The van der Waals surface area contributed by atoms with Crippen molar-refractivity contribution in [2.24, 2.45) is 0 Å². The number of hydrogen-bond acceptors (Lipinski definition) is 3. The summed E-state index contributed by atoms with van der Waals surface area (Å²) in [5, 5.41) is 5.76. The summed E-state index contributed by atoms with van der Waals surface area (Å²) in [5.41, 5.74) is 2.63. The van der Waals surface area contributed by atoms with Gasteiger partial charge in [0.05, 0.1) is 13.2 Å². The van der Waals surface area contributed by atoms with Crippen LogP contribution in [0.2, 0.25) is 0 Å². The molecule has 0 saturated heterocycles. The van der Waals surface area contributed by atoms with Crippen LogP contribution >= 0.6 is 11.3 Å². The standard InChI is InChI=1S/C16H21NOS/c1-4-12-10-11-19-16(12)15(17-5-2)13-8-6-7-9-14(13)18-3/h6-11,15,17H,4-5H2,1-3H3. The maximum absolute atomic E-state index is 5.51. The van der Waals surface area contributed by atoms with Crippen LogP contribution in [-0.2, 0) is 6.42 Å². The first-order chi connectivity index (χ1) is 9.31. The molecule has 1 unspecified atom stereocenters. The van der Waals surface area contributed by atoms with Crippen molar-refractivity contribution in [2.75, 3.05) is 13.7 Å². The Labute approximate surface area is 119 Å². The van der Waals surface area contributed by atoms with E-state index in [2.05, 4.69) is 42.7 Å². The minimum Gasteiger partial charge on any atom is -0.496 e. The van der Waals surface area contributed by atoms with Crippen LogP contribution in [-0.4, -0.2) is 13.7 Å². The molecular weight excluding hydrogens is 254 g/mol. The van der Waals surface area contributed by atoms with Gasteiger partial charge >= 0.3 is 0 Å². The van der Waals surface area contributed by atoms with E-state index in [1.807, 2.05) is 23.5 Å². The molecule has 0 radical (unpaired) electrons. The molecule has 1 heterocycles. The summed E-state index contributed by atoms with van der Waals surface area (Å²) in [4.78, 5) is 1.40. The molecule has 0 amide bonds. The van der Waals surface area contributed by atoms with Gasteiger partial charge in [-0.3, -0.25) is 0 Å². The van der Waals surface area contributed by atoms with Gasteiger partial charge in [-0.15, -0.1) is 11.3 Å². The zero-order valence-corrected chi connectivity index (χ0v) is 12.6. The molecule has 0 saturated carbocycles. The van der Waals surface area contributed by atoms with Crippen LogP contribution in [0.1, 0.15) is 35.9 Å². The summed E-state index contributed by atoms with van der Waals surface area (Å²) in [7, 11) is 1.73. The van der Waals surface area contributed by atoms with Crippen LogP contribution in [0.15, 0.2) is 35.7 Å². The summed E-state index contributed by atoms with van der Waals surface area (Å²) in [5.74, 6) is 0.948. The Morgan fingerprint density at radius 1 is 1.21 bits per heavy atom. The van der Waals surface area contributed by atoms with E-state index >= 15 is 0 Å². The molecule has 2 aromatic rings. The molecule has 1 aromatic heterocycles. The normalized spacial score (nSPS) is 12.4. The third-order valence-electron chi connectivity index (χ3n) is 3.28. The van der Waals surface area contributed by atoms with E-state index in [4.69, 9.17) is 4.74 Å². The molecule has 0 spiro atoms. The van der Waals surface area contributed by atoms with Crippen molar-refractivity contribution in [3.8, 4) is 5.75 Å². The maximum Gasteiger partial charge on any atom is 0.124 e. The van der Waals surface area contributed by atoms with Crippen LogP contribution in [0.25, 0.3) is 0 Å². The second kappa shape index (κ2) is 6.73. The first kappa shape index (κ1) is 14.1. The fourth-order valence-corrected chi connectivity index (χ4v) is 3.43. The highest BCUT2D eigenvalue weighted by molar-refractivity contribution is 7.10. The van der Waals surface area contributed by atoms with E-state index in [9.17, 15) is 0 Å². The SMILES string of the molecule is CCNC(c1ccccc1OC)c1sccc1CC. The quantitative estimate of drug-likeness (QED) is 0.860. The van der Waals surface area contributed by atoms with E-state index in [-0.39, 0.29) is 6.04 Å². The number of ether oxygens (including phenoxy) is 1. The van der Waals surface area contributed by atoms with Gasteiger partial charge < -0.3 is 10.1 Å². The smallest absolute Gasteiger partial charge is 0.124 e. The molecule has 3 heteroatoms. The molecule has 0 aliphatic carbocycles. The predicted octanol–water partition coefficient (Wildman–Crippen LogP) is 4.02. The largest absolute Gasteiger partial charge is 0.496 e. The lowest BCUT2D eigenvalue weighted by Gasteiger charge is -2.21. The number of aryl methyl sites for hydroxylation is 1. The lowest BCUT2D eigenvalue weighted by molar-refractivity contribution is 0.404. The molecule has 1 atom stereocenters. The van der Waals surface area contributed by atoms with E-state index in [1.54, 1.807) is 7.11 Å². The van der Waals surface area contributed by atoms with Crippen molar-refractivity contribution >= 4 is 11.3 Å². The van der Waals surface area contributed by atoms with Gasteiger partial charge in [0.2, 0.25) is 0 Å². The Bertz CT molecular complexity index is 521. The van der Waals surface area contributed by atoms with Crippen LogP contribution in [0, 0.1) is 0 Å². The Hall–Kier alpha value is -1.32. The molecular formula is C16H21NOS. The van der Waals surface area contributed by atoms with E-state index in [0.29, 0.717) is 0 Å². The van der Waals surface area contributed by atoms with Gasteiger partial charge in [0, 0.05) is 10.4 Å². The topological polar surface area (TPSA) is 21.3 Å². The second-order valence-electron chi connectivity index (χ2n) is 4.40. The summed E-state index contributed by atoms with van der Waals surface area (Å²) < 4.78 is 5.51. The van der Waals surface area contributed by atoms with E-state index in [1.165, 1.54) is 16.0 Å². The zero-order valence-electron chi connectivity index (χ0n) is 11.8. The number of hydrogen-bond donors (Lipinski definition) is 1. The highest BCUT2D eigenvalue weighted by atomic mass is 32.1. The zero-order chi connectivity index (χ0) is 13.7. The molecule has 0 aliphatic heterocycles. The van der Waals surface area contributed by atoms with Crippen molar-refractivity contribution in [3.05, 3.63) is 51.7 Å². The molecule has 0 bridgehead atoms. The second-order valence-corrected chi connectivity index (χ2v) is 5.34. The third-order valence-corrected chi connectivity index (χ3v) is 4.31. The molecule has 2 nitrogen and oxygen atoms in total. The number of nitrogens with one attached hydrogen (secondary N) is 1. The average Bonchev–Trinajstić information content (AvgIpc) is 2.93. The molecule has 1 N–H and O–H groups in total. The monoisotopic (exact) mass is 275 g/mol. The molecule has 0 fully saturated rings. The van der Waals surface area contributed by atoms with Crippen molar-refractivity contribution in [3.63, 3.8) is 0 Å². The van der Waals surface area contributed by atoms with Crippen LogP contribution in [0.5, 0.6) is 5.75 Å². The number of rotatable bonds is 6. The van der Waals surface area contributed by atoms with Gasteiger partial charge in [0.25, 0.3) is 0 Å². The summed E-state index contributed by atoms with van der Waals surface area (Å²) in [6, 6.07) is 10.7. The van der Waals surface area contributed by atoms with Gasteiger partial charge in [-0.05, 0) is 36.0 Å². The van der Waals surface area contributed by atoms with Crippen LogP contribution < -0.4 is 10.1 Å². The lowest BCUT2D eigenvalue weighted by atomic mass is 10.0. The summed E-state index contributed by atoms with van der Waals surface area (Å²) in [6.45, 7) is 5.28. The van der Waals surface area contributed by atoms with E-state index < -0.39 is 0 Å². The highest BCUT2D eigenvalue weighted by Crippen LogP contribution is 2.34. The highest BCUT2D eigenvalue weighted by Gasteiger charge is 2.20.